The summed E-state index contributed by atoms with van der Waals surface area (Å²) in [5, 5.41) is 2.20. The van der Waals surface area contributed by atoms with Crippen LogP contribution in [0.4, 0.5) is 0 Å². The highest BCUT2D eigenvalue weighted by atomic mass is 79.9. The van der Waals surface area contributed by atoms with Gasteiger partial charge < -0.3 is 0 Å². The first-order valence-electron chi connectivity index (χ1n) is 5.74. The molecule has 15 heavy (non-hydrogen) atoms. The smallest absolute Gasteiger partial charge is 0.123 e. The van der Waals surface area contributed by atoms with Crippen molar-refractivity contribution in [1.82, 2.24) is 4.37 Å². The van der Waals surface area contributed by atoms with E-state index in [-0.39, 0.29) is 0 Å². The van der Waals surface area contributed by atoms with Gasteiger partial charge in [0.05, 0.1) is 0 Å². The van der Waals surface area contributed by atoms with E-state index in [0.29, 0.717) is 5.41 Å². The van der Waals surface area contributed by atoms with Crippen LogP contribution in [-0.2, 0) is 5.41 Å². The molecule has 0 saturated heterocycles. The van der Waals surface area contributed by atoms with Crippen molar-refractivity contribution in [2.75, 3.05) is 0 Å². The van der Waals surface area contributed by atoms with Gasteiger partial charge in [-0.3, -0.25) is 0 Å². The predicted octanol–water partition coefficient (Wildman–Crippen LogP) is 5.15. The molecule has 1 aromatic heterocycles. The van der Waals surface area contributed by atoms with Crippen molar-refractivity contribution in [3.63, 3.8) is 0 Å². The van der Waals surface area contributed by atoms with Crippen LogP contribution in [0, 0.1) is 0 Å². The van der Waals surface area contributed by atoms with E-state index in [1.54, 1.807) is 11.5 Å². The van der Waals surface area contributed by atoms with E-state index in [9.17, 15) is 0 Å². The Morgan fingerprint density at radius 2 is 2.07 bits per heavy atom. The van der Waals surface area contributed by atoms with Gasteiger partial charge >= 0.3 is 0 Å². The first-order valence-corrected chi connectivity index (χ1v) is 7.37. The second-order valence-electron chi connectivity index (χ2n) is 4.43. The number of hydrogen-bond acceptors (Lipinski definition) is 2. The number of halogens is 1. The fourth-order valence-electron chi connectivity index (χ4n) is 2.13. The Bertz CT molecular complexity index is 298. The van der Waals surface area contributed by atoms with Gasteiger partial charge in [0.25, 0.3) is 0 Å². The molecule has 0 amide bonds. The van der Waals surface area contributed by atoms with E-state index in [1.165, 1.54) is 37.7 Å². The fourth-order valence-corrected chi connectivity index (χ4v) is 3.87. The monoisotopic (exact) mass is 289 g/mol. The average molecular weight is 290 g/mol. The van der Waals surface area contributed by atoms with Gasteiger partial charge in [-0.2, -0.15) is 4.37 Å². The van der Waals surface area contributed by atoms with E-state index >= 15 is 0 Å². The van der Waals surface area contributed by atoms with Gasteiger partial charge in [-0.15, -0.1) is 0 Å². The molecule has 1 rings (SSSR count). The highest BCUT2D eigenvalue weighted by molar-refractivity contribution is 9.10. The molecular weight excluding hydrogens is 270 g/mol. The average Bonchev–Trinajstić information content (AvgIpc) is 2.62. The lowest BCUT2D eigenvalue weighted by Crippen LogP contribution is -2.21. The Kier molecular flexibility index (Phi) is 5.27. The largest absolute Gasteiger partial charge is 0.185 e. The summed E-state index contributed by atoms with van der Waals surface area (Å²) in [6, 6.07) is 0. The fraction of sp³-hybridized carbons (Fsp3) is 0.750. The van der Waals surface area contributed by atoms with E-state index < -0.39 is 0 Å². The van der Waals surface area contributed by atoms with Crippen molar-refractivity contribution in [2.24, 2.45) is 0 Å². The summed E-state index contributed by atoms with van der Waals surface area (Å²) in [5.74, 6) is 0. The van der Waals surface area contributed by atoms with E-state index in [2.05, 4.69) is 46.5 Å². The van der Waals surface area contributed by atoms with Crippen LogP contribution in [0.15, 0.2) is 9.98 Å². The Balaban J connectivity index is 2.85. The van der Waals surface area contributed by atoms with Crippen molar-refractivity contribution in [2.45, 2.75) is 58.3 Å². The van der Waals surface area contributed by atoms with Gasteiger partial charge in [0.15, 0.2) is 0 Å². The van der Waals surface area contributed by atoms with Crippen LogP contribution in [0.1, 0.15) is 58.4 Å². The van der Waals surface area contributed by atoms with Crippen molar-refractivity contribution in [1.29, 1.82) is 0 Å². The van der Waals surface area contributed by atoms with Crippen molar-refractivity contribution >= 4 is 27.5 Å². The third-order valence-corrected chi connectivity index (χ3v) is 4.53. The maximum absolute atomic E-state index is 4.33. The van der Waals surface area contributed by atoms with Crippen molar-refractivity contribution in [3.05, 3.63) is 15.5 Å². The molecule has 1 atom stereocenters. The van der Waals surface area contributed by atoms with Gasteiger partial charge in [-0.25, -0.2) is 0 Å². The topological polar surface area (TPSA) is 12.9 Å². The minimum Gasteiger partial charge on any atom is -0.185 e. The lowest BCUT2D eigenvalue weighted by atomic mass is 9.76. The third kappa shape index (κ3) is 3.28. The Morgan fingerprint density at radius 3 is 2.53 bits per heavy atom. The SMILES string of the molecule is CCCCC(C)(CCC)c1csnc1Br. The zero-order valence-corrected chi connectivity index (χ0v) is 12.2. The first kappa shape index (κ1) is 13.2. The molecule has 0 saturated carbocycles. The normalized spacial score (nSPS) is 15.2. The molecule has 0 radical (unpaired) electrons. The van der Waals surface area contributed by atoms with Crippen LogP contribution in [-0.4, -0.2) is 4.37 Å². The molecule has 1 nitrogen and oxygen atoms in total. The number of rotatable bonds is 6. The first-order chi connectivity index (χ1) is 7.14. The van der Waals surface area contributed by atoms with Gasteiger partial charge in [-0.1, -0.05) is 40.0 Å². The highest BCUT2D eigenvalue weighted by Crippen LogP contribution is 2.38. The molecule has 1 heterocycles. The van der Waals surface area contributed by atoms with Gasteiger partial charge in [-0.05, 0) is 45.7 Å². The van der Waals surface area contributed by atoms with Crippen LogP contribution < -0.4 is 0 Å². The Hall–Kier alpha value is 0.110. The molecule has 86 valence electrons. The molecule has 1 unspecified atom stereocenters. The molecule has 0 N–H and O–H groups in total. The van der Waals surface area contributed by atoms with Crippen LogP contribution in [0.2, 0.25) is 0 Å². The zero-order valence-electron chi connectivity index (χ0n) is 9.85. The molecular formula is C12H20BrNS. The van der Waals surface area contributed by atoms with Crippen LogP contribution in [0.5, 0.6) is 0 Å². The van der Waals surface area contributed by atoms with Crippen LogP contribution in [0.25, 0.3) is 0 Å². The maximum atomic E-state index is 4.33. The summed E-state index contributed by atoms with van der Waals surface area (Å²) in [6.07, 6.45) is 6.34. The standard InChI is InChI=1S/C12H20BrNS/c1-4-6-8-12(3,7-5-2)10-9-15-14-11(10)13/h9H,4-8H2,1-3H3. The van der Waals surface area contributed by atoms with Crippen LogP contribution in [0.3, 0.4) is 0 Å². The van der Waals surface area contributed by atoms with Crippen molar-refractivity contribution < 1.29 is 0 Å². The molecule has 0 aliphatic carbocycles. The maximum Gasteiger partial charge on any atom is 0.123 e. The molecule has 0 spiro atoms. The summed E-state index contributed by atoms with van der Waals surface area (Å²) in [7, 11) is 0. The molecule has 0 aromatic carbocycles. The molecule has 1 aromatic rings. The second kappa shape index (κ2) is 6.00. The Labute approximate surface area is 106 Å². The Morgan fingerprint density at radius 1 is 1.33 bits per heavy atom. The van der Waals surface area contributed by atoms with Gasteiger partial charge in [0.1, 0.15) is 4.60 Å². The lowest BCUT2D eigenvalue weighted by Gasteiger charge is -2.28. The van der Waals surface area contributed by atoms with E-state index in [0.717, 1.165) is 4.60 Å². The minimum absolute atomic E-state index is 0.316. The van der Waals surface area contributed by atoms with Crippen molar-refractivity contribution in [3.8, 4) is 0 Å². The summed E-state index contributed by atoms with van der Waals surface area (Å²) in [5.41, 5.74) is 1.72. The zero-order chi connectivity index (χ0) is 11.3. The van der Waals surface area contributed by atoms with Gasteiger partial charge in [0.2, 0.25) is 0 Å². The lowest BCUT2D eigenvalue weighted by molar-refractivity contribution is 0.382. The summed E-state index contributed by atoms with van der Waals surface area (Å²) < 4.78 is 5.39. The predicted molar refractivity (Wildman–Crippen MR) is 71.6 cm³/mol. The molecule has 0 bridgehead atoms. The summed E-state index contributed by atoms with van der Waals surface area (Å²) in [6.45, 7) is 6.89. The summed E-state index contributed by atoms with van der Waals surface area (Å²) in [4.78, 5) is 0. The van der Waals surface area contributed by atoms with Gasteiger partial charge in [0, 0.05) is 10.9 Å². The molecule has 0 fully saturated rings. The third-order valence-electron chi connectivity index (χ3n) is 3.06. The summed E-state index contributed by atoms with van der Waals surface area (Å²) >= 11 is 5.12. The highest BCUT2D eigenvalue weighted by Gasteiger charge is 2.28. The number of nitrogens with zero attached hydrogens (tertiary/aromatic N) is 1. The quantitative estimate of drug-likeness (QED) is 0.705. The van der Waals surface area contributed by atoms with E-state index in [1.807, 2.05) is 0 Å². The second-order valence-corrected chi connectivity index (χ2v) is 5.81. The van der Waals surface area contributed by atoms with E-state index in [4.69, 9.17) is 0 Å². The molecule has 3 heteroatoms. The van der Waals surface area contributed by atoms with Crippen LogP contribution >= 0.6 is 27.5 Å². The number of aromatic nitrogens is 1. The molecule has 0 aliphatic rings. The number of hydrogen-bond donors (Lipinski definition) is 0. The minimum atomic E-state index is 0.316. The molecule has 0 aliphatic heterocycles. The number of unbranched alkanes of at least 4 members (excludes halogenated alkanes) is 1.